The molecule has 2 aliphatic carbocycles. The molecule has 1 heterocycles. The molecule has 0 unspecified atom stereocenters. The van der Waals surface area contributed by atoms with Crippen LogP contribution in [-0.2, 0) is 0 Å². The van der Waals surface area contributed by atoms with Gasteiger partial charge < -0.3 is 5.32 Å². The Kier molecular flexibility index (Phi) is 3.47. The quantitative estimate of drug-likeness (QED) is 0.914. The lowest BCUT2D eigenvalue weighted by Crippen LogP contribution is -2.27. The summed E-state index contributed by atoms with van der Waals surface area (Å²) in [7, 11) is 0. The molecule has 2 aliphatic rings. The van der Waals surface area contributed by atoms with Gasteiger partial charge in [0.05, 0.1) is 22.6 Å². The van der Waals surface area contributed by atoms with Gasteiger partial charge in [-0.1, -0.05) is 32.0 Å². The Bertz CT molecular complexity index is 725. The number of carbonyl (C=O) groups excluding carboxylic acids is 1. The maximum atomic E-state index is 12.9. The zero-order valence-corrected chi connectivity index (χ0v) is 13.7. The highest BCUT2D eigenvalue weighted by atomic mass is 16.1. The van der Waals surface area contributed by atoms with Crippen molar-refractivity contribution in [1.82, 2.24) is 15.1 Å². The first-order valence-corrected chi connectivity index (χ1v) is 8.64. The molecule has 4 heteroatoms. The Balaban J connectivity index is 1.84. The van der Waals surface area contributed by atoms with Gasteiger partial charge >= 0.3 is 0 Å². The predicted molar refractivity (Wildman–Crippen MR) is 90.1 cm³/mol. The van der Waals surface area contributed by atoms with Crippen molar-refractivity contribution in [3.05, 3.63) is 47.3 Å². The third kappa shape index (κ3) is 2.78. The third-order valence-corrected chi connectivity index (χ3v) is 4.60. The van der Waals surface area contributed by atoms with Crippen LogP contribution in [0.5, 0.6) is 0 Å². The summed E-state index contributed by atoms with van der Waals surface area (Å²) in [6, 6.07) is 10.5. The number of para-hydroxylation sites is 1. The molecule has 1 aromatic heterocycles. The molecule has 0 radical (unpaired) electrons. The fourth-order valence-corrected chi connectivity index (χ4v) is 3.11. The van der Waals surface area contributed by atoms with E-state index in [2.05, 4.69) is 31.3 Å². The van der Waals surface area contributed by atoms with E-state index < -0.39 is 0 Å². The van der Waals surface area contributed by atoms with Crippen LogP contribution in [0.2, 0.25) is 0 Å². The van der Waals surface area contributed by atoms with Crippen LogP contribution in [0.3, 0.4) is 0 Å². The number of aromatic nitrogens is 2. The highest BCUT2D eigenvalue weighted by molar-refractivity contribution is 5.97. The van der Waals surface area contributed by atoms with Gasteiger partial charge in [-0.05, 0) is 43.7 Å². The second kappa shape index (κ2) is 5.52. The van der Waals surface area contributed by atoms with Crippen molar-refractivity contribution in [1.29, 1.82) is 0 Å². The number of hydrogen-bond donors (Lipinski definition) is 1. The molecule has 1 N–H and O–H groups in total. The van der Waals surface area contributed by atoms with Gasteiger partial charge in [0.2, 0.25) is 0 Å². The standard InChI is InChI=1S/C19H23N3O/c1-12(2)18-16(19(23)20-14-10-11-14)17(13-8-9-13)21-22(18)15-6-4-3-5-7-15/h3-7,12-14H,8-11H2,1-2H3,(H,20,23). The lowest BCUT2D eigenvalue weighted by molar-refractivity contribution is 0.0948. The molecule has 120 valence electrons. The molecule has 0 atom stereocenters. The molecule has 0 aliphatic heterocycles. The van der Waals surface area contributed by atoms with Crippen molar-refractivity contribution in [2.75, 3.05) is 0 Å². The molecular weight excluding hydrogens is 286 g/mol. The largest absolute Gasteiger partial charge is 0.349 e. The van der Waals surface area contributed by atoms with E-state index >= 15 is 0 Å². The average Bonchev–Trinajstić information content (AvgIpc) is 3.47. The van der Waals surface area contributed by atoms with E-state index in [0.29, 0.717) is 12.0 Å². The summed E-state index contributed by atoms with van der Waals surface area (Å²) in [5.74, 6) is 0.771. The summed E-state index contributed by atoms with van der Waals surface area (Å²) in [6.45, 7) is 4.28. The number of amides is 1. The second-order valence-electron chi connectivity index (χ2n) is 7.07. The summed E-state index contributed by atoms with van der Waals surface area (Å²) >= 11 is 0. The number of benzene rings is 1. The van der Waals surface area contributed by atoms with Crippen molar-refractivity contribution in [2.45, 2.75) is 57.4 Å². The van der Waals surface area contributed by atoms with Crippen LogP contribution in [0, 0.1) is 0 Å². The number of carbonyl (C=O) groups is 1. The minimum Gasteiger partial charge on any atom is -0.349 e. The Hall–Kier alpha value is -2.10. The molecule has 23 heavy (non-hydrogen) atoms. The molecule has 2 fully saturated rings. The molecular formula is C19H23N3O. The van der Waals surface area contributed by atoms with E-state index in [1.165, 1.54) is 0 Å². The highest BCUT2D eigenvalue weighted by Gasteiger charge is 2.36. The van der Waals surface area contributed by atoms with E-state index in [1.54, 1.807) is 0 Å². The smallest absolute Gasteiger partial charge is 0.255 e. The van der Waals surface area contributed by atoms with Crippen molar-refractivity contribution < 1.29 is 4.79 Å². The third-order valence-electron chi connectivity index (χ3n) is 4.60. The SMILES string of the molecule is CC(C)c1c(C(=O)NC2CC2)c(C2CC2)nn1-c1ccccc1. The fraction of sp³-hybridized carbons (Fsp3) is 0.474. The first-order valence-electron chi connectivity index (χ1n) is 8.64. The number of hydrogen-bond acceptors (Lipinski definition) is 2. The molecule has 2 aromatic rings. The van der Waals surface area contributed by atoms with Crippen LogP contribution in [0.1, 0.15) is 73.1 Å². The van der Waals surface area contributed by atoms with E-state index in [9.17, 15) is 4.79 Å². The fourth-order valence-electron chi connectivity index (χ4n) is 3.11. The van der Waals surface area contributed by atoms with Gasteiger partial charge in [-0.2, -0.15) is 5.10 Å². The second-order valence-corrected chi connectivity index (χ2v) is 7.07. The van der Waals surface area contributed by atoms with Crippen LogP contribution in [0.25, 0.3) is 5.69 Å². The van der Waals surface area contributed by atoms with Gasteiger partial charge in [0.15, 0.2) is 0 Å². The van der Waals surface area contributed by atoms with Gasteiger partial charge in [0.1, 0.15) is 0 Å². The Morgan fingerprint density at radius 2 is 1.87 bits per heavy atom. The molecule has 2 saturated carbocycles. The van der Waals surface area contributed by atoms with Crippen molar-refractivity contribution in [2.24, 2.45) is 0 Å². The van der Waals surface area contributed by atoms with Crippen LogP contribution in [-0.4, -0.2) is 21.7 Å². The molecule has 4 nitrogen and oxygen atoms in total. The van der Waals surface area contributed by atoms with E-state index in [-0.39, 0.29) is 11.8 Å². The first kappa shape index (κ1) is 14.5. The van der Waals surface area contributed by atoms with Crippen molar-refractivity contribution in [3.63, 3.8) is 0 Å². The van der Waals surface area contributed by atoms with Gasteiger partial charge in [0, 0.05) is 12.0 Å². The molecule has 0 saturated heterocycles. The highest BCUT2D eigenvalue weighted by Crippen LogP contribution is 2.43. The minimum atomic E-state index is 0.0697. The van der Waals surface area contributed by atoms with E-state index in [4.69, 9.17) is 5.10 Å². The number of nitrogens with zero attached hydrogens (tertiary/aromatic N) is 2. The Morgan fingerprint density at radius 3 is 2.43 bits per heavy atom. The van der Waals surface area contributed by atoms with Crippen molar-refractivity contribution in [3.8, 4) is 5.69 Å². The monoisotopic (exact) mass is 309 g/mol. The van der Waals surface area contributed by atoms with Gasteiger partial charge in [-0.25, -0.2) is 4.68 Å². The summed E-state index contributed by atoms with van der Waals surface area (Å²) in [5.41, 5.74) is 3.90. The first-order chi connectivity index (χ1) is 11.1. The van der Waals surface area contributed by atoms with Crippen LogP contribution in [0.15, 0.2) is 30.3 Å². The Morgan fingerprint density at radius 1 is 1.17 bits per heavy atom. The zero-order chi connectivity index (χ0) is 16.0. The molecule has 4 rings (SSSR count). The topological polar surface area (TPSA) is 46.9 Å². The Labute approximate surface area is 136 Å². The summed E-state index contributed by atoms with van der Waals surface area (Å²) < 4.78 is 1.99. The lowest BCUT2D eigenvalue weighted by Gasteiger charge is -2.13. The van der Waals surface area contributed by atoms with Crippen LogP contribution >= 0.6 is 0 Å². The number of rotatable bonds is 5. The molecule has 0 bridgehead atoms. The maximum absolute atomic E-state index is 12.9. The predicted octanol–water partition coefficient (Wildman–Crippen LogP) is 3.77. The molecule has 1 aromatic carbocycles. The summed E-state index contributed by atoms with van der Waals surface area (Å²) in [6.07, 6.45) is 4.50. The van der Waals surface area contributed by atoms with Gasteiger partial charge in [-0.15, -0.1) is 0 Å². The summed E-state index contributed by atoms with van der Waals surface area (Å²) in [4.78, 5) is 12.9. The average molecular weight is 309 g/mol. The van der Waals surface area contributed by atoms with E-state index in [0.717, 1.165) is 48.3 Å². The van der Waals surface area contributed by atoms with Crippen molar-refractivity contribution >= 4 is 5.91 Å². The maximum Gasteiger partial charge on any atom is 0.255 e. The lowest BCUT2D eigenvalue weighted by atomic mass is 10.0. The minimum absolute atomic E-state index is 0.0697. The van der Waals surface area contributed by atoms with Crippen LogP contribution < -0.4 is 5.32 Å². The van der Waals surface area contributed by atoms with Crippen LogP contribution in [0.4, 0.5) is 0 Å². The normalized spacial score (nSPS) is 17.5. The van der Waals surface area contributed by atoms with Gasteiger partial charge in [-0.3, -0.25) is 4.79 Å². The number of nitrogens with one attached hydrogen (secondary N) is 1. The van der Waals surface area contributed by atoms with Gasteiger partial charge in [0.25, 0.3) is 5.91 Å². The summed E-state index contributed by atoms with van der Waals surface area (Å²) in [5, 5.41) is 8.03. The zero-order valence-electron chi connectivity index (χ0n) is 13.7. The molecule has 0 spiro atoms. The van der Waals surface area contributed by atoms with E-state index in [1.807, 2.05) is 22.9 Å². The molecule has 1 amide bonds.